The molecule has 1 fully saturated rings. The van der Waals surface area contributed by atoms with E-state index in [1.54, 1.807) is 9.80 Å². The van der Waals surface area contributed by atoms with Crippen molar-refractivity contribution in [2.45, 2.75) is 23.7 Å². The smallest absolute Gasteiger partial charge is 0.359 e. The number of ether oxygens (including phenoxy) is 2. The van der Waals surface area contributed by atoms with Crippen molar-refractivity contribution in [3.05, 3.63) is 63.8 Å². The number of alkyl halides is 3. The van der Waals surface area contributed by atoms with Crippen LogP contribution in [0.1, 0.15) is 5.56 Å². The lowest BCUT2D eigenvalue weighted by molar-refractivity contribution is -0.137. The third kappa shape index (κ3) is 5.68. The molecule has 0 aliphatic carbocycles. The molecule has 41 heavy (non-hydrogen) atoms. The maximum atomic E-state index is 14.7. The number of methoxy groups -OCH3 is 1. The van der Waals surface area contributed by atoms with E-state index in [1.165, 1.54) is 23.8 Å². The minimum absolute atomic E-state index is 0.0303. The van der Waals surface area contributed by atoms with Gasteiger partial charge in [-0.1, -0.05) is 24.2 Å². The monoisotopic (exact) mass is 612 g/mol. The molecule has 14 heteroatoms. The lowest BCUT2D eigenvalue weighted by Gasteiger charge is -2.35. The van der Waals surface area contributed by atoms with E-state index in [0.29, 0.717) is 0 Å². The van der Waals surface area contributed by atoms with Crippen molar-refractivity contribution < 1.29 is 31.8 Å². The largest absolute Gasteiger partial charge is 0.417 e. The predicted octanol–water partition coefficient (Wildman–Crippen LogP) is 4.80. The van der Waals surface area contributed by atoms with E-state index < -0.39 is 29.4 Å². The van der Waals surface area contributed by atoms with E-state index in [9.17, 15) is 27.2 Å². The Morgan fingerprint density at radius 2 is 1.98 bits per heavy atom. The Balaban J connectivity index is 1.77. The van der Waals surface area contributed by atoms with Crippen LogP contribution in [0.15, 0.2) is 46.6 Å². The summed E-state index contributed by atoms with van der Waals surface area (Å²) in [7, 11) is 1.44. The summed E-state index contributed by atoms with van der Waals surface area (Å²) in [5.41, 5.74) is -1.52. The molecule has 1 saturated heterocycles. The van der Waals surface area contributed by atoms with E-state index in [4.69, 9.17) is 21.1 Å². The molecule has 2 aromatic carbocycles. The van der Waals surface area contributed by atoms with Crippen LogP contribution >= 0.6 is 23.4 Å². The van der Waals surface area contributed by atoms with Gasteiger partial charge in [0.1, 0.15) is 18.4 Å². The van der Waals surface area contributed by atoms with Crippen LogP contribution in [0.4, 0.5) is 23.4 Å². The lowest BCUT2D eigenvalue weighted by atomic mass is 9.96. The standard InChI is InChI=1S/C27H25ClF4N4O4S/c1-3-21(37)34-6-8-35(9-7-34)25-17-11-18(27(30,31)32)22(15-4-5-20(29)19(28)10-15)24-23(17)36(26(38)33-25)12-16(13-41-24)40-14-39-2/h3-5,10-11,16H,1,6-9,12-14H2,2H3/t16-/m0/s1. The zero-order valence-electron chi connectivity index (χ0n) is 21.8. The van der Waals surface area contributed by atoms with Crippen LogP contribution in [-0.2, 0) is 27.0 Å². The maximum absolute atomic E-state index is 14.7. The Kier molecular flexibility index (Phi) is 8.33. The highest BCUT2D eigenvalue weighted by Crippen LogP contribution is 2.48. The fraction of sp³-hybridized carbons (Fsp3) is 0.370. The summed E-state index contributed by atoms with van der Waals surface area (Å²) in [6.07, 6.45) is -4.19. The number of hydrogen-bond acceptors (Lipinski definition) is 7. The number of carbonyl (C=O) groups excluding carboxylic acids is 1. The fourth-order valence-electron chi connectivity index (χ4n) is 5.07. The maximum Gasteiger partial charge on any atom is 0.417 e. The molecular weight excluding hydrogens is 588 g/mol. The van der Waals surface area contributed by atoms with Gasteiger partial charge in [0.15, 0.2) is 0 Å². The second kappa shape index (κ2) is 11.6. The number of thioether (sulfide) groups is 1. The van der Waals surface area contributed by atoms with Gasteiger partial charge in [-0.05, 0) is 29.8 Å². The van der Waals surface area contributed by atoms with Crippen LogP contribution in [0.2, 0.25) is 5.02 Å². The van der Waals surface area contributed by atoms with Gasteiger partial charge in [0.2, 0.25) is 5.91 Å². The summed E-state index contributed by atoms with van der Waals surface area (Å²) in [5, 5.41) is -0.199. The van der Waals surface area contributed by atoms with Crippen LogP contribution in [0.3, 0.4) is 0 Å². The average molecular weight is 613 g/mol. The highest BCUT2D eigenvalue weighted by atomic mass is 35.5. The minimum atomic E-state index is -4.81. The molecule has 2 aliphatic rings. The number of rotatable bonds is 6. The van der Waals surface area contributed by atoms with E-state index >= 15 is 0 Å². The van der Waals surface area contributed by atoms with Crippen molar-refractivity contribution in [1.29, 1.82) is 0 Å². The van der Waals surface area contributed by atoms with Gasteiger partial charge in [0.25, 0.3) is 0 Å². The zero-order chi connectivity index (χ0) is 29.5. The van der Waals surface area contributed by atoms with Gasteiger partial charge < -0.3 is 19.3 Å². The van der Waals surface area contributed by atoms with Crippen LogP contribution in [0.25, 0.3) is 22.0 Å². The first-order chi connectivity index (χ1) is 19.5. The quantitative estimate of drug-likeness (QED) is 0.225. The highest BCUT2D eigenvalue weighted by Gasteiger charge is 2.39. The Hall–Kier alpha value is -3.13. The normalized spacial score (nSPS) is 17.6. The molecule has 3 heterocycles. The van der Waals surface area contributed by atoms with Crippen molar-refractivity contribution >= 4 is 46.0 Å². The van der Waals surface area contributed by atoms with E-state index in [2.05, 4.69) is 11.6 Å². The zero-order valence-corrected chi connectivity index (χ0v) is 23.4. The van der Waals surface area contributed by atoms with E-state index in [-0.39, 0.29) is 88.9 Å². The SMILES string of the molecule is C=CC(=O)N1CCN(c2nc(=O)n3c4c(c(-c5ccc(F)c(Cl)c5)c(C(F)(F)F)cc24)SC[C@@H](OCOC)C3)CC1. The molecule has 0 N–H and O–H groups in total. The third-order valence-corrected chi connectivity index (χ3v) is 8.51. The Labute approximate surface area is 241 Å². The van der Waals surface area contributed by atoms with Gasteiger partial charge in [0.05, 0.1) is 28.8 Å². The Bertz CT molecular complexity index is 1570. The van der Waals surface area contributed by atoms with Crippen molar-refractivity contribution in [1.82, 2.24) is 14.5 Å². The van der Waals surface area contributed by atoms with E-state index in [0.717, 1.165) is 30.0 Å². The third-order valence-electron chi connectivity index (χ3n) is 7.00. The molecule has 0 radical (unpaired) electrons. The number of anilines is 1. The highest BCUT2D eigenvalue weighted by molar-refractivity contribution is 7.99. The van der Waals surface area contributed by atoms with Crippen molar-refractivity contribution in [3.63, 3.8) is 0 Å². The number of carbonyl (C=O) groups is 1. The van der Waals surface area contributed by atoms with Gasteiger partial charge in [-0.25, -0.2) is 9.18 Å². The molecule has 0 bridgehead atoms. The van der Waals surface area contributed by atoms with Gasteiger partial charge in [-0.15, -0.1) is 11.8 Å². The molecule has 0 saturated carbocycles. The molecule has 1 aromatic heterocycles. The Morgan fingerprint density at radius 3 is 2.61 bits per heavy atom. The molecule has 218 valence electrons. The number of amides is 1. The summed E-state index contributed by atoms with van der Waals surface area (Å²) in [6.45, 7) is 4.52. The molecule has 3 aromatic rings. The molecule has 8 nitrogen and oxygen atoms in total. The first kappa shape index (κ1) is 29.4. The second-order valence-corrected chi connectivity index (χ2v) is 10.9. The van der Waals surface area contributed by atoms with Gasteiger partial charge in [-0.2, -0.15) is 18.2 Å². The van der Waals surface area contributed by atoms with Crippen LogP contribution in [-0.4, -0.2) is 72.3 Å². The lowest BCUT2D eigenvalue weighted by Crippen LogP contribution is -2.49. The summed E-state index contributed by atoms with van der Waals surface area (Å²) in [6, 6.07) is 4.38. The van der Waals surface area contributed by atoms with Gasteiger partial charge in [-0.3, -0.25) is 9.36 Å². The number of benzene rings is 2. The topological polar surface area (TPSA) is 76.9 Å². The molecule has 1 amide bonds. The second-order valence-electron chi connectivity index (χ2n) is 9.50. The number of aromatic nitrogens is 2. The summed E-state index contributed by atoms with van der Waals surface area (Å²) < 4.78 is 70.3. The minimum Gasteiger partial charge on any atom is -0.359 e. The van der Waals surface area contributed by atoms with Crippen LogP contribution < -0.4 is 10.6 Å². The number of halogens is 5. The van der Waals surface area contributed by atoms with E-state index in [1.807, 2.05) is 0 Å². The van der Waals surface area contributed by atoms with Crippen LogP contribution in [0.5, 0.6) is 0 Å². The van der Waals surface area contributed by atoms with Gasteiger partial charge >= 0.3 is 11.9 Å². The molecule has 1 atom stereocenters. The number of hydrogen-bond donors (Lipinski definition) is 0. The molecule has 5 rings (SSSR count). The fourth-order valence-corrected chi connectivity index (χ4v) is 6.54. The predicted molar refractivity (Wildman–Crippen MR) is 148 cm³/mol. The first-order valence-corrected chi connectivity index (χ1v) is 13.9. The number of nitrogens with zero attached hydrogens (tertiary/aromatic N) is 4. The first-order valence-electron chi connectivity index (χ1n) is 12.6. The molecular formula is C27H25ClF4N4O4S. The summed E-state index contributed by atoms with van der Waals surface area (Å²) >= 11 is 7.10. The molecule has 2 aliphatic heterocycles. The molecule has 0 unspecified atom stereocenters. The number of piperazine rings is 1. The van der Waals surface area contributed by atoms with Crippen molar-refractivity contribution in [2.24, 2.45) is 0 Å². The summed E-state index contributed by atoms with van der Waals surface area (Å²) in [4.78, 5) is 33.3. The molecule has 0 spiro atoms. The van der Waals surface area contributed by atoms with Crippen molar-refractivity contribution in [3.8, 4) is 11.1 Å². The Morgan fingerprint density at radius 1 is 1.24 bits per heavy atom. The average Bonchev–Trinajstić information content (AvgIpc) is 3.15. The van der Waals surface area contributed by atoms with Crippen LogP contribution in [0, 0.1) is 5.82 Å². The van der Waals surface area contributed by atoms with Crippen molar-refractivity contribution in [2.75, 3.05) is 50.7 Å². The summed E-state index contributed by atoms with van der Waals surface area (Å²) in [5.74, 6) is -0.722. The van der Waals surface area contributed by atoms with Gasteiger partial charge in [0, 0.05) is 54.9 Å².